The summed E-state index contributed by atoms with van der Waals surface area (Å²) < 4.78 is 45.8. The van der Waals surface area contributed by atoms with Crippen LogP contribution in [0.5, 0.6) is 0 Å². The Bertz CT molecular complexity index is 1270. The SMILES string of the molecule is CCCN(CC(=O)Nc1ccc(F)c(F)c1F)CC(=O)Nc1oc(C)c2c(C)n[nH]c(=O)c12. The van der Waals surface area contributed by atoms with Crippen molar-refractivity contribution in [2.24, 2.45) is 0 Å². The molecule has 33 heavy (non-hydrogen) atoms. The number of aryl methyl sites for hydroxylation is 2. The molecule has 0 spiro atoms. The van der Waals surface area contributed by atoms with Gasteiger partial charge in [-0.25, -0.2) is 18.3 Å². The van der Waals surface area contributed by atoms with Gasteiger partial charge in [-0.05, 0) is 38.9 Å². The molecule has 2 aromatic heterocycles. The van der Waals surface area contributed by atoms with Crippen molar-refractivity contribution >= 4 is 34.2 Å². The maximum atomic E-state index is 13.8. The molecule has 0 radical (unpaired) electrons. The summed E-state index contributed by atoms with van der Waals surface area (Å²) in [7, 11) is 0. The van der Waals surface area contributed by atoms with Crippen molar-refractivity contribution in [1.29, 1.82) is 0 Å². The van der Waals surface area contributed by atoms with E-state index in [0.29, 0.717) is 35.9 Å². The van der Waals surface area contributed by atoms with E-state index in [9.17, 15) is 27.6 Å². The molecule has 0 aliphatic rings. The number of carbonyl (C=O) groups is 2. The van der Waals surface area contributed by atoms with Crippen LogP contribution in [0.25, 0.3) is 10.8 Å². The first-order chi connectivity index (χ1) is 15.6. The summed E-state index contributed by atoms with van der Waals surface area (Å²) in [4.78, 5) is 38.6. The third-order valence-electron chi connectivity index (χ3n) is 4.83. The highest BCUT2D eigenvalue weighted by atomic mass is 19.2. The largest absolute Gasteiger partial charge is 0.444 e. The number of carbonyl (C=O) groups excluding carboxylic acids is 2. The maximum absolute atomic E-state index is 13.8. The molecular weight excluding hydrogens is 443 g/mol. The van der Waals surface area contributed by atoms with Crippen molar-refractivity contribution < 1.29 is 27.2 Å². The van der Waals surface area contributed by atoms with Gasteiger partial charge in [0.2, 0.25) is 17.7 Å². The summed E-state index contributed by atoms with van der Waals surface area (Å²) in [6, 6.07) is 1.60. The molecule has 0 saturated heterocycles. The number of anilines is 2. The lowest BCUT2D eigenvalue weighted by molar-refractivity contribution is -0.120. The smallest absolute Gasteiger partial charge is 0.277 e. The molecule has 0 aliphatic carbocycles. The predicted molar refractivity (Wildman–Crippen MR) is 114 cm³/mol. The van der Waals surface area contributed by atoms with E-state index in [1.165, 1.54) is 4.90 Å². The van der Waals surface area contributed by atoms with Gasteiger partial charge in [-0.3, -0.25) is 24.6 Å². The maximum Gasteiger partial charge on any atom is 0.277 e. The van der Waals surface area contributed by atoms with Crippen molar-refractivity contribution in [1.82, 2.24) is 15.1 Å². The first kappa shape index (κ1) is 24.0. The molecule has 0 atom stereocenters. The van der Waals surface area contributed by atoms with Crippen LogP contribution in [0, 0.1) is 31.3 Å². The van der Waals surface area contributed by atoms with E-state index in [2.05, 4.69) is 20.8 Å². The molecule has 3 aromatic rings. The minimum absolute atomic E-state index is 0.0380. The highest BCUT2D eigenvalue weighted by Crippen LogP contribution is 2.28. The Morgan fingerprint density at radius 3 is 2.39 bits per heavy atom. The molecule has 0 fully saturated rings. The topological polar surface area (TPSA) is 120 Å². The van der Waals surface area contributed by atoms with Gasteiger partial charge in [0, 0.05) is 0 Å². The molecule has 2 amide bonds. The first-order valence-corrected chi connectivity index (χ1v) is 10.1. The Morgan fingerprint density at radius 2 is 1.73 bits per heavy atom. The lowest BCUT2D eigenvalue weighted by Crippen LogP contribution is -2.39. The molecule has 0 unspecified atom stereocenters. The fraction of sp³-hybridized carbons (Fsp3) is 0.333. The molecule has 176 valence electrons. The molecule has 9 nitrogen and oxygen atoms in total. The molecule has 0 saturated carbocycles. The Labute approximate surface area is 185 Å². The minimum atomic E-state index is -1.70. The summed E-state index contributed by atoms with van der Waals surface area (Å²) in [6.45, 7) is 4.92. The number of nitrogens with zero attached hydrogens (tertiary/aromatic N) is 2. The fourth-order valence-electron chi connectivity index (χ4n) is 3.45. The molecular formula is C21H22F3N5O4. The molecule has 2 heterocycles. The van der Waals surface area contributed by atoms with Gasteiger partial charge in [0.15, 0.2) is 17.5 Å². The third kappa shape index (κ3) is 5.22. The first-order valence-electron chi connectivity index (χ1n) is 10.1. The van der Waals surface area contributed by atoms with E-state index in [4.69, 9.17) is 4.42 Å². The van der Waals surface area contributed by atoms with Crippen LogP contribution in [0.4, 0.5) is 24.7 Å². The van der Waals surface area contributed by atoms with Crippen molar-refractivity contribution in [2.75, 3.05) is 30.3 Å². The number of amides is 2. The lowest BCUT2D eigenvalue weighted by atomic mass is 10.2. The number of rotatable bonds is 8. The van der Waals surface area contributed by atoms with Crippen LogP contribution >= 0.6 is 0 Å². The molecule has 3 N–H and O–H groups in total. The van der Waals surface area contributed by atoms with Crippen molar-refractivity contribution in [3.05, 3.63) is 51.4 Å². The number of fused-ring (bicyclic) bond motifs is 1. The van der Waals surface area contributed by atoms with Crippen LogP contribution in [-0.4, -0.2) is 46.5 Å². The van der Waals surface area contributed by atoms with Gasteiger partial charge in [0.05, 0.1) is 29.9 Å². The third-order valence-corrected chi connectivity index (χ3v) is 4.83. The number of furan rings is 1. The average Bonchev–Trinajstić information content (AvgIpc) is 3.08. The molecule has 3 rings (SSSR count). The van der Waals surface area contributed by atoms with E-state index in [-0.39, 0.29) is 24.4 Å². The molecule has 1 aromatic carbocycles. The fourth-order valence-corrected chi connectivity index (χ4v) is 3.45. The zero-order chi connectivity index (χ0) is 24.3. The molecule has 0 bridgehead atoms. The van der Waals surface area contributed by atoms with Crippen LogP contribution in [0.15, 0.2) is 21.3 Å². The van der Waals surface area contributed by atoms with Crippen LogP contribution in [0.1, 0.15) is 24.8 Å². The average molecular weight is 465 g/mol. The van der Waals surface area contributed by atoms with Gasteiger partial charge < -0.3 is 9.73 Å². The van der Waals surface area contributed by atoms with Crippen LogP contribution in [0.3, 0.4) is 0 Å². The van der Waals surface area contributed by atoms with Crippen molar-refractivity contribution in [2.45, 2.75) is 27.2 Å². The summed E-state index contributed by atoms with van der Waals surface area (Å²) in [6.07, 6.45) is 0.591. The normalized spacial score (nSPS) is 11.2. The van der Waals surface area contributed by atoms with Crippen LogP contribution in [0.2, 0.25) is 0 Å². The number of H-pyrrole nitrogens is 1. The lowest BCUT2D eigenvalue weighted by Gasteiger charge is -2.20. The Kier molecular flexibility index (Phi) is 7.16. The summed E-state index contributed by atoms with van der Waals surface area (Å²) >= 11 is 0. The Hall–Kier alpha value is -3.67. The zero-order valence-corrected chi connectivity index (χ0v) is 18.1. The highest BCUT2D eigenvalue weighted by Gasteiger charge is 2.21. The van der Waals surface area contributed by atoms with Crippen molar-refractivity contribution in [3.8, 4) is 0 Å². The van der Waals surface area contributed by atoms with Crippen LogP contribution < -0.4 is 16.2 Å². The number of aromatic nitrogens is 2. The number of halogens is 3. The van der Waals surface area contributed by atoms with E-state index < -0.39 is 40.5 Å². The van der Waals surface area contributed by atoms with Crippen LogP contribution in [-0.2, 0) is 9.59 Å². The number of hydrogen-bond acceptors (Lipinski definition) is 6. The van der Waals surface area contributed by atoms with Gasteiger partial charge in [-0.15, -0.1) is 0 Å². The highest BCUT2D eigenvalue weighted by molar-refractivity contribution is 6.02. The van der Waals surface area contributed by atoms with Gasteiger partial charge >= 0.3 is 0 Å². The van der Waals surface area contributed by atoms with Gasteiger partial charge in [0.1, 0.15) is 11.1 Å². The van der Waals surface area contributed by atoms with Gasteiger partial charge in [0.25, 0.3) is 5.56 Å². The summed E-state index contributed by atoms with van der Waals surface area (Å²) in [5.41, 5.74) is -0.512. The second-order valence-electron chi connectivity index (χ2n) is 7.41. The molecule has 12 heteroatoms. The second kappa shape index (κ2) is 9.86. The van der Waals surface area contributed by atoms with Gasteiger partial charge in [-0.1, -0.05) is 6.92 Å². The Morgan fingerprint density at radius 1 is 1.06 bits per heavy atom. The number of aromatic amines is 1. The van der Waals surface area contributed by atoms with Gasteiger partial charge in [-0.2, -0.15) is 5.10 Å². The monoisotopic (exact) mass is 465 g/mol. The quantitative estimate of drug-likeness (QED) is 0.440. The zero-order valence-electron chi connectivity index (χ0n) is 18.1. The Balaban J connectivity index is 1.70. The minimum Gasteiger partial charge on any atom is -0.444 e. The number of benzene rings is 1. The standard InChI is InChI=1S/C21H22F3N5O4/c1-4-7-29(8-14(30)25-13-6-5-12(22)18(23)19(13)24)9-15(31)26-21-17-16(11(3)33-21)10(2)27-28-20(17)32/h5-6H,4,7-9H2,1-3H3,(H,25,30)(H,26,31)(H,28,32). The van der Waals surface area contributed by atoms with E-state index in [0.717, 1.165) is 6.07 Å². The van der Waals surface area contributed by atoms with Crippen molar-refractivity contribution in [3.63, 3.8) is 0 Å². The number of hydrogen-bond donors (Lipinski definition) is 3. The van der Waals surface area contributed by atoms with E-state index in [1.807, 2.05) is 6.92 Å². The summed E-state index contributed by atoms with van der Waals surface area (Å²) in [5, 5.41) is 11.6. The van der Waals surface area contributed by atoms with E-state index >= 15 is 0 Å². The number of nitrogens with one attached hydrogen (secondary N) is 3. The predicted octanol–water partition coefficient (Wildman–Crippen LogP) is 2.84. The molecule has 0 aliphatic heterocycles. The van der Waals surface area contributed by atoms with E-state index in [1.54, 1.807) is 13.8 Å². The second-order valence-corrected chi connectivity index (χ2v) is 7.41. The summed E-state index contributed by atoms with van der Waals surface area (Å²) in [5.74, 6) is -5.49.